The third-order valence-electron chi connectivity index (χ3n) is 5.04. The van der Waals surface area contributed by atoms with E-state index in [0.29, 0.717) is 16.9 Å². The van der Waals surface area contributed by atoms with Crippen molar-refractivity contribution in [3.8, 4) is 0 Å². The van der Waals surface area contributed by atoms with Crippen LogP contribution in [0.15, 0.2) is 53.4 Å². The third kappa shape index (κ3) is 5.71. The average molecular weight is 459 g/mol. The molecular weight excluding hydrogens is 432 g/mol. The van der Waals surface area contributed by atoms with Crippen LogP contribution in [0, 0.1) is 0 Å². The van der Waals surface area contributed by atoms with Gasteiger partial charge in [0.1, 0.15) is 0 Å². The highest BCUT2D eigenvalue weighted by Gasteiger charge is 2.24. The zero-order valence-electron chi connectivity index (χ0n) is 18.0. The molecule has 0 aromatic heterocycles. The highest BCUT2D eigenvalue weighted by molar-refractivity contribution is 7.89. The van der Waals surface area contributed by atoms with E-state index >= 15 is 0 Å². The van der Waals surface area contributed by atoms with E-state index < -0.39 is 22.5 Å². The Balaban J connectivity index is 1.63. The molecule has 3 rings (SSSR count). The SMILES string of the molecule is CC(=O)Nc1ccc(S(=O)(=O)N(C)CC(=O)Nc2cccc(C(=O)N3CCCC3)c2)cc1. The van der Waals surface area contributed by atoms with Gasteiger partial charge in [-0.25, -0.2) is 8.42 Å². The monoisotopic (exact) mass is 458 g/mol. The molecule has 170 valence electrons. The number of rotatable bonds is 7. The second-order valence-corrected chi connectivity index (χ2v) is 9.64. The molecule has 32 heavy (non-hydrogen) atoms. The first-order chi connectivity index (χ1) is 15.2. The van der Waals surface area contributed by atoms with Crippen LogP contribution in [-0.4, -0.2) is 62.0 Å². The highest BCUT2D eigenvalue weighted by Crippen LogP contribution is 2.19. The number of amides is 3. The number of carbonyl (C=O) groups excluding carboxylic acids is 3. The molecule has 0 spiro atoms. The summed E-state index contributed by atoms with van der Waals surface area (Å²) in [5.74, 6) is -0.877. The van der Waals surface area contributed by atoms with Crippen molar-refractivity contribution in [2.75, 3.05) is 37.3 Å². The molecule has 1 fully saturated rings. The van der Waals surface area contributed by atoms with E-state index in [0.717, 1.165) is 30.2 Å². The van der Waals surface area contributed by atoms with Crippen LogP contribution in [0.2, 0.25) is 0 Å². The predicted molar refractivity (Wildman–Crippen MR) is 121 cm³/mol. The van der Waals surface area contributed by atoms with Gasteiger partial charge in [0.2, 0.25) is 21.8 Å². The standard InChI is InChI=1S/C22H26N4O5S/c1-16(27)23-18-8-10-20(11-9-18)32(30,31)25(2)15-21(28)24-19-7-5-6-17(14-19)22(29)26-12-3-4-13-26/h5-11,14H,3-4,12-13,15H2,1-2H3,(H,23,27)(H,24,28). The van der Waals surface area contributed by atoms with Crippen LogP contribution in [-0.2, 0) is 19.6 Å². The van der Waals surface area contributed by atoms with Crippen LogP contribution in [0.3, 0.4) is 0 Å². The van der Waals surface area contributed by atoms with Crippen molar-refractivity contribution in [3.05, 3.63) is 54.1 Å². The topological polar surface area (TPSA) is 116 Å². The number of nitrogens with zero attached hydrogens (tertiary/aromatic N) is 2. The molecule has 0 saturated carbocycles. The maximum absolute atomic E-state index is 12.8. The Morgan fingerprint density at radius 1 is 0.969 bits per heavy atom. The lowest BCUT2D eigenvalue weighted by Gasteiger charge is -2.18. The van der Waals surface area contributed by atoms with Gasteiger partial charge in [0.15, 0.2) is 0 Å². The summed E-state index contributed by atoms with van der Waals surface area (Å²) < 4.78 is 26.4. The molecule has 0 aliphatic carbocycles. The lowest BCUT2D eigenvalue weighted by Crippen LogP contribution is -2.35. The van der Waals surface area contributed by atoms with Gasteiger partial charge in [-0.15, -0.1) is 0 Å². The number of anilines is 2. The molecule has 2 aromatic carbocycles. The van der Waals surface area contributed by atoms with E-state index in [1.165, 1.54) is 38.2 Å². The first kappa shape index (κ1) is 23.4. The number of likely N-dealkylation sites (tertiary alicyclic amines) is 1. The van der Waals surface area contributed by atoms with Crippen molar-refractivity contribution < 1.29 is 22.8 Å². The van der Waals surface area contributed by atoms with Crippen LogP contribution < -0.4 is 10.6 Å². The number of carbonyl (C=O) groups is 3. The maximum atomic E-state index is 12.8. The van der Waals surface area contributed by atoms with Gasteiger partial charge in [0.25, 0.3) is 5.91 Å². The smallest absolute Gasteiger partial charge is 0.253 e. The minimum Gasteiger partial charge on any atom is -0.339 e. The fraction of sp³-hybridized carbons (Fsp3) is 0.318. The van der Waals surface area contributed by atoms with Gasteiger partial charge in [-0.05, 0) is 55.3 Å². The fourth-order valence-corrected chi connectivity index (χ4v) is 4.54. The zero-order valence-corrected chi connectivity index (χ0v) is 18.8. The van der Waals surface area contributed by atoms with Gasteiger partial charge >= 0.3 is 0 Å². The first-order valence-electron chi connectivity index (χ1n) is 10.2. The van der Waals surface area contributed by atoms with Gasteiger partial charge in [0.05, 0.1) is 11.4 Å². The molecule has 1 saturated heterocycles. The molecule has 0 atom stereocenters. The van der Waals surface area contributed by atoms with Crippen molar-refractivity contribution in [2.45, 2.75) is 24.7 Å². The molecule has 1 heterocycles. The normalized spacial score (nSPS) is 13.8. The third-order valence-corrected chi connectivity index (χ3v) is 6.85. The molecule has 9 nitrogen and oxygen atoms in total. The van der Waals surface area contributed by atoms with E-state index in [1.54, 1.807) is 29.2 Å². The molecule has 2 N–H and O–H groups in total. The molecule has 0 radical (unpaired) electrons. The van der Waals surface area contributed by atoms with Crippen molar-refractivity contribution >= 4 is 39.1 Å². The predicted octanol–water partition coefficient (Wildman–Crippen LogP) is 2.14. The Morgan fingerprint density at radius 3 is 2.25 bits per heavy atom. The van der Waals surface area contributed by atoms with Gasteiger partial charge in [-0.3, -0.25) is 14.4 Å². The van der Waals surface area contributed by atoms with Crippen LogP contribution in [0.4, 0.5) is 11.4 Å². The van der Waals surface area contributed by atoms with E-state index in [4.69, 9.17) is 0 Å². The van der Waals surface area contributed by atoms with E-state index in [1.807, 2.05) is 0 Å². The fourth-order valence-electron chi connectivity index (χ4n) is 3.41. The minimum absolute atomic E-state index is 0.000101. The molecule has 1 aliphatic heterocycles. The Bertz CT molecular complexity index is 1110. The number of nitrogens with one attached hydrogen (secondary N) is 2. The number of hydrogen-bond donors (Lipinski definition) is 2. The summed E-state index contributed by atoms with van der Waals surface area (Å²) >= 11 is 0. The van der Waals surface area contributed by atoms with Crippen molar-refractivity contribution in [1.82, 2.24) is 9.21 Å². The van der Waals surface area contributed by atoms with Crippen LogP contribution in [0.1, 0.15) is 30.1 Å². The zero-order chi connectivity index (χ0) is 23.3. The Morgan fingerprint density at radius 2 is 1.62 bits per heavy atom. The van der Waals surface area contributed by atoms with E-state index in [-0.39, 0.29) is 16.7 Å². The molecule has 1 aliphatic rings. The summed E-state index contributed by atoms with van der Waals surface area (Å²) in [5, 5.41) is 5.21. The number of hydrogen-bond acceptors (Lipinski definition) is 5. The quantitative estimate of drug-likeness (QED) is 0.660. The molecular formula is C22H26N4O5S. The Kier molecular flexibility index (Phi) is 7.26. The Labute approximate surface area is 187 Å². The Hall–Kier alpha value is -3.24. The minimum atomic E-state index is -3.91. The molecule has 2 aromatic rings. The van der Waals surface area contributed by atoms with Crippen LogP contribution in [0.25, 0.3) is 0 Å². The maximum Gasteiger partial charge on any atom is 0.253 e. The number of sulfonamides is 1. The molecule has 0 unspecified atom stereocenters. The summed E-state index contributed by atoms with van der Waals surface area (Å²) in [6, 6.07) is 12.3. The first-order valence-corrected chi connectivity index (χ1v) is 11.6. The summed E-state index contributed by atoms with van der Waals surface area (Å²) in [5.41, 5.74) is 1.37. The molecule has 0 bridgehead atoms. The van der Waals surface area contributed by atoms with E-state index in [9.17, 15) is 22.8 Å². The number of benzene rings is 2. The lowest BCUT2D eigenvalue weighted by atomic mass is 10.1. The summed E-state index contributed by atoms with van der Waals surface area (Å²) in [7, 11) is -2.60. The van der Waals surface area contributed by atoms with E-state index in [2.05, 4.69) is 10.6 Å². The number of likely N-dealkylation sites (N-methyl/N-ethyl adjacent to an activating group) is 1. The van der Waals surface area contributed by atoms with Crippen LogP contribution >= 0.6 is 0 Å². The largest absolute Gasteiger partial charge is 0.339 e. The van der Waals surface area contributed by atoms with Crippen molar-refractivity contribution in [3.63, 3.8) is 0 Å². The molecule has 10 heteroatoms. The lowest BCUT2D eigenvalue weighted by molar-refractivity contribution is -0.116. The highest BCUT2D eigenvalue weighted by atomic mass is 32.2. The van der Waals surface area contributed by atoms with Gasteiger partial charge in [-0.1, -0.05) is 6.07 Å². The van der Waals surface area contributed by atoms with Crippen molar-refractivity contribution in [2.24, 2.45) is 0 Å². The molecule has 3 amide bonds. The summed E-state index contributed by atoms with van der Waals surface area (Å²) in [6.07, 6.45) is 1.97. The van der Waals surface area contributed by atoms with Gasteiger partial charge in [0, 0.05) is 44.0 Å². The second-order valence-electron chi connectivity index (χ2n) is 7.59. The van der Waals surface area contributed by atoms with Crippen LogP contribution in [0.5, 0.6) is 0 Å². The average Bonchev–Trinajstić information content (AvgIpc) is 3.28. The second kappa shape index (κ2) is 9.92. The van der Waals surface area contributed by atoms with Gasteiger partial charge in [-0.2, -0.15) is 4.31 Å². The summed E-state index contributed by atoms with van der Waals surface area (Å²) in [4.78, 5) is 37.9. The summed E-state index contributed by atoms with van der Waals surface area (Å²) in [6.45, 7) is 2.41. The van der Waals surface area contributed by atoms with Crippen molar-refractivity contribution in [1.29, 1.82) is 0 Å². The van der Waals surface area contributed by atoms with Gasteiger partial charge < -0.3 is 15.5 Å².